The number of benzene rings is 1. The van der Waals surface area contributed by atoms with E-state index in [4.69, 9.17) is 4.42 Å². The minimum absolute atomic E-state index is 0.173. The van der Waals surface area contributed by atoms with Gasteiger partial charge in [0.2, 0.25) is 0 Å². The zero-order valence-corrected chi connectivity index (χ0v) is 15.4. The normalized spacial score (nSPS) is 17.4. The second-order valence-corrected chi connectivity index (χ2v) is 9.15. The molecular weight excluding hydrogens is 356 g/mol. The minimum Gasteiger partial charge on any atom is -0.440 e. The lowest BCUT2D eigenvalue weighted by Crippen LogP contribution is -2.30. The summed E-state index contributed by atoms with van der Waals surface area (Å²) >= 11 is 1.19. The van der Waals surface area contributed by atoms with Gasteiger partial charge in [0.25, 0.3) is 10.0 Å². The highest BCUT2D eigenvalue weighted by Gasteiger charge is 2.26. The smallest absolute Gasteiger partial charge is 0.250 e. The van der Waals surface area contributed by atoms with Crippen molar-refractivity contribution < 1.29 is 12.8 Å². The summed E-state index contributed by atoms with van der Waals surface area (Å²) in [6.07, 6.45) is 4.41. The summed E-state index contributed by atoms with van der Waals surface area (Å²) in [5.41, 5.74) is 2.31. The second-order valence-electron chi connectivity index (χ2n) is 6.13. The first kappa shape index (κ1) is 16.5. The molecule has 5 nitrogen and oxygen atoms in total. The van der Waals surface area contributed by atoms with Gasteiger partial charge in [0.15, 0.2) is 11.7 Å². The molecule has 0 spiro atoms. The number of aromatic nitrogens is 1. The maximum Gasteiger partial charge on any atom is 0.250 e. The van der Waals surface area contributed by atoms with Crippen molar-refractivity contribution in [3.63, 3.8) is 0 Å². The SMILES string of the molecule is Cc1ncc(-c2ccc(S(=O)(=O)NC3CCCc4ccccc43)s2)o1. The van der Waals surface area contributed by atoms with Crippen LogP contribution in [0.2, 0.25) is 0 Å². The Balaban J connectivity index is 1.60. The Labute approximate surface area is 150 Å². The lowest BCUT2D eigenvalue weighted by atomic mass is 9.88. The Morgan fingerprint density at radius 1 is 1.24 bits per heavy atom. The lowest BCUT2D eigenvalue weighted by Gasteiger charge is -2.25. The second kappa shape index (κ2) is 6.40. The van der Waals surface area contributed by atoms with Crippen LogP contribution in [0.3, 0.4) is 0 Å². The molecule has 4 rings (SSSR count). The van der Waals surface area contributed by atoms with Crippen molar-refractivity contribution in [1.29, 1.82) is 0 Å². The van der Waals surface area contributed by atoms with Crippen LogP contribution < -0.4 is 4.72 Å². The van der Waals surface area contributed by atoms with E-state index < -0.39 is 10.0 Å². The van der Waals surface area contributed by atoms with Gasteiger partial charge in [-0.15, -0.1) is 11.3 Å². The monoisotopic (exact) mass is 374 g/mol. The van der Waals surface area contributed by atoms with Gasteiger partial charge < -0.3 is 4.42 Å². The molecule has 130 valence electrons. The fourth-order valence-electron chi connectivity index (χ4n) is 3.19. The molecule has 0 saturated carbocycles. The standard InChI is InChI=1S/C18H18N2O3S2/c1-12-19-11-16(23-12)17-9-10-18(24-17)25(21,22)20-15-8-4-6-13-5-2-3-7-14(13)15/h2-3,5,7,9-11,15,20H,4,6,8H2,1H3. The molecule has 0 fully saturated rings. The van der Waals surface area contributed by atoms with Crippen LogP contribution in [-0.4, -0.2) is 13.4 Å². The van der Waals surface area contributed by atoms with Crippen molar-refractivity contribution in [3.05, 3.63) is 59.6 Å². The molecule has 7 heteroatoms. The predicted octanol–water partition coefficient (Wildman–Crippen LogP) is 4.07. The Morgan fingerprint density at radius 3 is 2.88 bits per heavy atom. The average Bonchev–Trinajstić information content (AvgIpc) is 3.24. The molecule has 2 aromatic heterocycles. The summed E-state index contributed by atoms with van der Waals surface area (Å²) in [6, 6.07) is 11.3. The number of fused-ring (bicyclic) bond motifs is 1. The van der Waals surface area contributed by atoms with Gasteiger partial charge in [0.05, 0.1) is 11.1 Å². The summed E-state index contributed by atoms with van der Waals surface area (Å²) < 4.78 is 34.3. The van der Waals surface area contributed by atoms with Crippen molar-refractivity contribution in [2.24, 2.45) is 0 Å². The van der Waals surface area contributed by atoms with Crippen LogP contribution in [0.15, 0.2) is 51.2 Å². The van der Waals surface area contributed by atoms with Crippen molar-refractivity contribution in [3.8, 4) is 10.6 Å². The number of thiophene rings is 1. The largest absolute Gasteiger partial charge is 0.440 e. The molecule has 3 aromatic rings. The number of nitrogens with zero attached hydrogens (tertiary/aromatic N) is 1. The van der Waals surface area contributed by atoms with Crippen molar-refractivity contribution in [1.82, 2.24) is 9.71 Å². The third-order valence-corrected chi connectivity index (χ3v) is 7.44. The number of hydrogen-bond acceptors (Lipinski definition) is 5. The van der Waals surface area contributed by atoms with Gasteiger partial charge >= 0.3 is 0 Å². The Bertz CT molecular complexity index is 1000. The fraction of sp³-hybridized carbons (Fsp3) is 0.278. The highest BCUT2D eigenvalue weighted by atomic mass is 32.2. The molecule has 1 aliphatic carbocycles. The predicted molar refractivity (Wildman–Crippen MR) is 97.0 cm³/mol. The number of aryl methyl sites for hydroxylation is 2. The van der Waals surface area contributed by atoms with Crippen molar-refractivity contribution in [2.75, 3.05) is 0 Å². The zero-order valence-electron chi connectivity index (χ0n) is 13.7. The highest BCUT2D eigenvalue weighted by Crippen LogP contribution is 2.34. The molecule has 1 atom stereocenters. The van der Waals surface area contributed by atoms with Gasteiger partial charge in [-0.3, -0.25) is 0 Å². The van der Waals surface area contributed by atoms with E-state index in [0.717, 1.165) is 29.7 Å². The van der Waals surface area contributed by atoms with Gasteiger partial charge in [0, 0.05) is 13.0 Å². The lowest BCUT2D eigenvalue weighted by molar-refractivity contribution is 0.508. The quantitative estimate of drug-likeness (QED) is 0.747. The molecule has 0 amide bonds. The van der Waals surface area contributed by atoms with E-state index in [9.17, 15) is 8.42 Å². The molecule has 1 aliphatic rings. The number of hydrogen-bond donors (Lipinski definition) is 1. The number of oxazole rings is 1. The summed E-state index contributed by atoms with van der Waals surface area (Å²) in [5, 5.41) is 0. The van der Waals surface area contributed by atoms with Crippen LogP contribution >= 0.6 is 11.3 Å². The van der Waals surface area contributed by atoms with Gasteiger partial charge in [-0.05, 0) is 42.5 Å². The summed E-state index contributed by atoms with van der Waals surface area (Å²) in [4.78, 5) is 4.81. The third-order valence-electron chi connectivity index (χ3n) is 4.38. The number of sulfonamides is 1. The topological polar surface area (TPSA) is 72.2 Å². The van der Waals surface area contributed by atoms with Crippen molar-refractivity contribution in [2.45, 2.75) is 36.4 Å². The Kier molecular flexibility index (Phi) is 4.23. The highest BCUT2D eigenvalue weighted by molar-refractivity contribution is 7.91. The summed E-state index contributed by atoms with van der Waals surface area (Å²) in [6.45, 7) is 1.76. The molecule has 1 unspecified atom stereocenters. The third kappa shape index (κ3) is 3.27. The molecule has 2 heterocycles. The van der Waals surface area contributed by atoms with Crippen LogP contribution in [0.4, 0.5) is 0 Å². The average molecular weight is 374 g/mol. The van der Waals surface area contributed by atoms with Crippen LogP contribution in [0.1, 0.15) is 35.9 Å². The summed E-state index contributed by atoms with van der Waals surface area (Å²) in [5.74, 6) is 1.15. The van der Waals surface area contributed by atoms with E-state index in [1.165, 1.54) is 16.9 Å². The maximum atomic E-state index is 12.8. The first-order chi connectivity index (χ1) is 12.0. The summed E-state index contributed by atoms with van der Waals surface area (Å²) in [7, 11) is -3.58. The first-order valence-electron chi connectivity index (χ1n) is 8.16. The fourth-order valence-corrected chi connectivity index (χ4v) is 5.71. The molecule has 1 aromatic carbocycles. The van der Waals surface area contributed by atoms with E-state index >= 15 is 0 Å². The molecule has 0 bridgehead atoms. The molecular formula is C18H18N2O3S2. The first-order valence-corrected chi connectivity index (χ1v) is 10.5. The molecule has 0 saturated heterocycles. The van der Waals surface area contributed by atoms with Crippen LogP contribution in [0, 0.1) is 6.92 Å². The van der Waals surface area contributed by atoms with Gasteiger partial charge in [-0.25, -0.2) is 18.1 Å². The number of nitrogens with one attached hydrogen (secondary N) is 1. The Hall–Kier alpha value is -1.96. The maximum absolute atomic E-state index is 12.8. The van der Waals surface area contributed by atoms with E-state index in [2.05, 4.69) is 15.8 Å². The van der Waals surface area contributed by atoms with Crippen LogP contribution in [-0.2, 0) is 16.4 Å². The van der Waals surface area contributed by atoms with Gasteiger partial charge in [-0.1, -0.05) is 24.3 Å². The van der Waals surface area contributed by atoms with E-state index in [-0.39, 0.29) is 6.04 Å². The van der Waals surface area contributed by atoms with Crippen LogP contribution in [0.25, 0.3) is 10.6 Å². The Morgan fingerprint density at radius 2 is 2.08 bits per heavy atom. The van der Waals surface area contributed by atoms with E-state index in [0.29, 0.717) is 15.9 Å². The van der Waals surface area contributed by atoms with Crippen LogP contribution in [0.5, 0.6) is 0 Å². The number of rotatable bonds is 4. The molecule has 0 radical (unpaired) electrons. The molecule has 0 aliphatic heterocycles. The van der Waals surface area contributed by atoms with E-state index in [1.54, 1.807) is 25.3 Å². The molecule has 25 heavy (non-hydrogen) atoms. The van der Waals surface area contributed by atoms with E-state index in [1.807, 2.05) is 18.2 Å². The minimum atomic E-state index is -3.58. The van der Waals surface area contributed by atoms with Gasteiger partial charge in [-0.2, -0.15) is 0 Å². The van der Waals surface area contributed by atoms with Crippen molar-refractivity contribution >= 4 is 21.4 Å². The zero-order chi connectivity index (χ0) is 17.4. The molecule has 1 N–H and O–H groups in total. The van der Waals surface area contributed by atoms with Gasteiger partial charge in [0.1, 0.15) is 4.21 Å².